The van der Waals surface area contributed by atoms with Gasteiger partial charge in [-0.2, -0.15) is 0 Å². The van der Waals surface area contributed by atoms with Crippen LogP contribution >= 0.6 is 0 Å². The molecule has 8 aromatic carbocycles. The minimum absolute atomic E-state index is 0.182. The lowest BCUT2D eigenvalue weighted by Crippen LogP contribution is -2.31. The molecule has 12 aromatic rings. The highest BCUT2D eigenvalue weighted by Gasteiger charge is 2.43. The molecule has 0 radical (unpaired) electrons. The van der Waals surface area contributed by atoms with Crippen LogP contribution < -0.4 is 18.3 Å². The van der Waals surface area contributed by atoms with Crippen LogP contribution in [0.4, 0.5) is 0 Å². The molecular weight excluding hydrogens is 1380 g/mol. The number of fused-ring (bicyclic) bond motifs is 4. The Morgan fingerprint density at radius 3 is 0.693 bits per heavy atom. The first-order valence-electron chi connectivity index (χ1n) is 49.6. The fourth-order valence-corrected chi connectivity index (χ4v) is 21.1. The molecule has 0 unspecified atom stereocenters. The second kappa shape index (κ2) is 31.9. The van der Waals surface area contributed by atoms with Crippen molar-refractivity contribution in [1.29, 1.82) is 0 Å². The summed E-state index contributed by atoms with van der Waals surface area (Å²) in [5.41, 5.74) is 31.0. The molecule has 0 saturated heterocycles. The summed E-state index contributed by atoms with van der Waals surface area (Å²) in [6.07, 6.45) is 25.0. The monoisotopic (exact) mass is 1520 g/mol. The van der Waals surface area contributed by atoms with E-state index in [4.69, 9.17) is 19.2 Å². The molecule has 8 aliphatic carbocycles. The number of nitrogens with zero attached hydrogens (tertiary/aromatic N) is 4. The Morgan fingerprint density at radius 2 is 0.456 bits per heavy atom. The van der Waals surface area contributed by atoms with Gasteiger partial charge in [0.1, 0.15) is 28.2 Å². The highest BCUT2D eigenvalue weighted by molar-refractivity contribution is 5.78. The van der Waals surface area contributed by atoms with Gasteiger partial charge in [0.05, 0.1) is 0 Å². The first-order valence-corrected chi connectivity index (χ1v) is 42.6. The lowest BCUT2D eigenvalue weighted by molar-refractivity contribution is -0.660. The summed E-state index contributed by atoms with van der Waals surface area (Å²) >= 11 is 0. The number of rotatable bonds is 8. The molecule has 0 amide bonds. The Morgan fingerprint density at radius 1 is 0.237 bits per heavy atom. The second-order valence-electron chi connectivity index (χ2n) is 35.5. The zero-order chi connectivity index (χ0) is 90.8. The quantitative estimate of drug-likeness (QED) is 0.135. The molecule has 4 spiro atoms. The molecule has 8 aliphatic rings. The highest BCUT2D eigenvalue weighted by Crippen LogP contribution is 2.53. The van der Waals surface area contributed by atoms with Gasteiger partial charge in [-0.3, -0.25) is 0 Å². The Bertz CT molecular complexity index is 6300. The third kappa shape index (κ3) is 15.5. The van der Waals surface area contributed by atoms with Crippen LogP contribution in [0.3, 0.4) is 0 Å². The van der Waals surface area contributed by atoms with Crippen molar-refractivity contribution in [3.8, 4) is 89.5 Å². The molecule has 114 heavy (non-hydrogen) atoms. The van der Waals surface area contributed by atoms with E-state index in [1.54, 1.807) is 12.4 Å². The van der Waals surface area contributed by atoms with E-state index < -0.39 is 39.2 Å². The first kappa shape index (κ1) is 61.8. The largest absolute Gasteiger partial charge is 0.213 e. The zero-order valence-corrected chi connectivity index (χ0v) is 69.1. The lowest BCUT2D eigenvalue weighted by Gasteiger charge is -2.33. The van der Waals surface area contributed by atoms with E-state index in [9.17, 15) is 0 Å². The van der Waals surface area contributed by atoms with Gasteiger partial charge in [-0.1, -0.05) is 210 Å². The van der Waals surface area contributed by atoms with Gasteiger partial charge in [0.25, 0.3) is 0 Å². The van der Waals surface area contributed by atoms with Crippen LogP contribution in [0.15, 0.2) is 219 Å². The van der Waals surface area contributed by atoms with Gasteiger partial charge in [-0.05, 0) is 315 Å². The van der Waals surface area contributed by atoms with E-state index >= 15 is 0 Å². The van der Waals surface area contributed by atoms with Crippen molar-refractivity contribution >= 4 is 0 Å². The molecule has 4 aromatic heterocycles. The third-order valence-electron chi connectivity index (χ3n) is 27.3. The molecule has 4 fully saturated rings. The van der Waals surface area contributed by atoms with Crippen molar-refractivity contribution in [3.63, 3.8) is 0 Å². The molecule has 4 heteroatoms. The van der Waals surface area contributed by atoms with Gasteiger partial charge in [0.2, 0.25) is 22.8 Å². The molecule has 0 aliphatic heterocycles. The van der Waals surface area contributed by atoms with Crippen LogP contribution in [0.2, 0.25) is 0 Å². The van der Waals surface area contributed by atoms with Crippen LogP contribution in [0.25, 0.3) is 89.5 Å². The van der Waals surface area contributed by atoms with Crippen molar-refractivity contribution in [2.75, 3.05) is 0 Å². The first-order chi connectivity index (χ1) is 60.7. The van der Waals surface area contributed by atoms with Crippen molar-refractivity contribution in [2.45, 2.75) is 222 Å². The molecule has 4 saturated carbocycles. The van der Waals surface area contributed by atoms with Crippen molar-refractivity contribution in [1.82, 2.24) is 0 Å². The minimum Gasteiger partial charge on any atom is -0.201 e. The molecule has 580 valence electrons. The van der Waals surface area contributed by atoms with Crippen LogP contribution in [0.5, 0.6) is 0 Å². The van der Waals surface area contributed by atoms with Crippen molar-refractivity contribution in [2.24, 2.45) is 49.9 Å². The second-order valence-corrected chi connectivity index (χ2v) is 35.5. The number of pyridine rings is 4. The Kier molecular flexibility index (Phi) is 17.3. The molecule has 0 atom stereocenters. The number of aromatic nitrogens is 4. The van der Waals surface area contributed by atoms with Crippen LogP contribution in [-0.2, 0) is 79.4 Å². The summed E-state index contributed by atoms with van der Waals surface area (Å²) in [6, 6.07) is 66.7. The maximum atomic E-state index is 9.14. The molecular formula is C110H124N4+4. The van der Waals surface area contributed by atoms with Crippen molar-refractivity contribution < 1.29 is 37.5 Å². The van der Waals surface area contributed by atoms with Gasteiger partial charge in [-0.25, -0.2) is 18.3 Å². The Labute approximate surface area is 703 Å². The number of hydrogen-bond donors (Lipinski definition) is 0. The molecule has 4 heterocycles. The zero-order valence-electron chi connectivity index (χ0n) is 83.1. The standard InChI is InChI=1S/2C28H32N.2C27H30N/c2*1-20-9-5-6-10-25(20)27-16-26(21(2)19-29(27)3)22-11-12-23-17-28(18-24(23)15-22)13-7-4-8-14-28;2*1-19-8-4-5-9-24(19)26-15-25(20(2)18-28(26)3)21-10-11-22-16-27(12-6-7-13-27)17-23(22)14-21/h2*5-6,9-12,15-16,19H,4,7-8,13-14,17-18H2,1-3H3;2*4-5,8-11,14-15,18H,6-7,12-13,16-17H2,1-3H3/q4*+1/i2D3,18D2;18D2;2D3,17D2;17D2. The summed E-state index contributed by atoms with van der Waals surface area (Å²) in [6.45, 7) is 8.17. The van der Waals surface area contributed by atoms with Crippen LogP contribution in [0.1, 0.15) is 224 Å². The Balaban J connectivity index is 0.000000120. The topological polar surface area (TPSA) is 15.5 Å². The average molecular weight is 1520 g/mol. The van der Waals surface area contributed by atoms with E-state index in [2.05, 4.69) is 198 Å². The molecule has 20 rings (SSSR count). The fourth-order valence-electron chi connectivity index (χ4n) is 21.1. The smallest absolute Gasteiger partial charge is 0.201 e. The van der Waals surface area contributed by atoms with E-state index in [1.807, 2.05) is 96.0 Å². The number of hydrogen-bond acceptors (Lipinski definition) is 0. The summed E-state index contributed by atoms with van der Waals surface area (Å²) < 4.78 is 130. The van der Waals surface area contributed by atoms with E-state index in [1.165, 1.54) is 79.9 Å². The third-order valence-corrected chi connectivity index (χ3v) is 27.3. The SMILES string of the molecule is [2H]C([2H])([2H])c1c[n+](C)c(-c2ccccc2C)cc1-c1ccc2c(c1)C([2H])([2H])C1(CCCC1)C2.[2H]C([2H])([2H])c1c[n+](C)c(-c2ccccc2C)cc1-c1ccc2c(c1)C([2H])([2H])C1(CCCCC1)C2.[2H]C1([2H])c2cc(-c3cc(-c4ccccc4C)[n+](C)cc3C)ccc2CC12CCCC2.[2H]C1([2H])c2cc(-c3cc(-c4ccccc4C)[n+](C)cc3C)ccc2CC12CCCCC2. The fraction of sp³-hybridized carbons (Fsp3) is 0.382. The minimum atomic E-state index is -2.28. The Hall–Kier alpha value is -9.64. The van der Waals surface area contributed by atoms with E-state index in [0.717, 1.165) is 218 Å². The summed E-state index contributed by atoms with van der Waals surface area (Å²) in [5.74, 6) is 0. The van der Waals surface area contributed by atoms with Gasteiger partial charge in [-0.15, -0.1) is 0 Å². The van der Waals surface area contributed by atoms with Gasteiger partial charge < -0.3 is 0 Å². The normalized spacial score (nSPS) is 21.2. The summed E-state index contributed by atoms with van der Waals surface area (Å²) in [7, 11) is 7.97. The summed E-state index contributed by atoms with van der Waals surface area (Å²) in [4.78, 5) is 0. The number of benzene rings is 8. The van der Waals surface area contributed by atoms with E-state index in [-0.39, 0.29) is 27.2 Å². The maximum absolute atomic E-state index is 9.14. The number of aryl methyl sites for hydroxylation is 12. The molecule has 0 N–H and O–H groups in total. The maximum Gasteiger partial charge on any atom is 0.213 e. The predicted octanol–water partition coefficient (Wildman–Crippen LogP) is 25.3. The lowest BCUT2D eigenvalue weighted by atomic mass is 9.72. The predicted molar refractivity (Wildman–Crippen MR) is 474 cm³/mol. The van der Waals surface area contributed by atoms with Crippen molar-refractivity contribution in [3.05, 3.63) is 308 Å². The summed E-state index contributed by atoms with van der Waals surface area (Å²) in [5, 5.41) is 0. The van der Waals surface area contributed by atoms with Gasteiger partial charge in [0, 0.05) is 88.0 Å². The van der Waals surface area contributed by atoms with Gasteiger partial charge >= 0.3 is 0 Å². The van der Waals surface area contributed by atoms with Gasteiger partial charge in [0.15, 0.2) is 24.8 Å². The van der Waals surface area contributed by atoms with Crippen LogP contribution in [0, 0.1) is 76.9 Å². The molecule has 0 bridgehead atoms. The average Bonchev–Trinajstić information content (AvgIpc) is 1.60. The highest BCUT2D eigenvalue weighted by atomic mass is 14.9. The van der Waals surface area contributed by atoms with E-state index in [0.29, 0.717) is 16.7 Å². The molecule has 4 nitrogen and oxygen atoms in total. The van der Waals surface area contributed by atoms with Crippen LogP contribution in [-0.4, -0.2) is 0 Å².